The Morgan fingerprint density at radius 1 is 1.00 bits per heavy atom. The molecule has 2 aromatic carbocycles. The second-order valence-corrected chi connectivity index (χ2v) is 16.6. The molecule has 5 aromatic rings. The van der Waals surface area contributed by atoms with Gasteiger partial charge in [0.1, 0.15) is 28.6 Å². The van der Waals surface area contributed by atoms with Gasteiger partial charge in [0, 0.05) is 42.3 Å². The van der Waals surface area contributed by atoms with Gasteiger partial charge in [-0.25, -0.2) is 8.78 Å². The largest absolute Gasteiger partial charge is 0.508 e. The molecule has 6 heterocycles. The molecule has 9 rings (SSSR count). The fourth-order valence-corrected chi connectivity index (χ4v) is 10.6. The smallest absolute Gasteiger partial charge is 0.319 e. The van der Waals surface area contributed by atoms with E-state index in [0.29, 0.717) is 83.5 Å². The number of aryl methyl sites for hydroxylation is 2. The first-order valence-corrected chi connectivity index (χ1v) is 20.4. The van der Waals surface area contributed by atoms with Crippen LogP contribution in [0.1, 0.15) is 89.1 Å². The number of fused-ring (bicyclic) bond motifs is 4. The predicted molar refractivity (Wildman–Crippen MR) is 210 cm³/mol. The molecule has 0 spiro atoms. The van der Waals surface area contributed by atoms with Crippen molar-refractivity contribution in [3.63, 3.8) is 0 Å². The van der Waals surface area contributed by atoms with Crippen molar-refractivity contribution in [3.8, 4) is 23.0 Å². The molecule has 1 saturated carbocycles. The summed E-state index contributed by atoms with van der Waals surface area (Å²) in [4.78, 5) is 19.3. The Kier molecular flexibility index (Phi) is 9.82. The van der Waals surface area contributed by atoms with Gasteiger partial charge in [0.05, 0.1) is 48.7 Å². The van der Waals surface area contributed by atoms with Crippen molar-refractivity contribution in [2.45, 2.75) is 123 Å². The van der Waals surface area contributed by atoms with E-state index in [4.69, 9.17) is 19.4 Å². The first-order valence-electron chi connectivity index (χ1n) is 20.4. The topological polar surface area (TPSA) is 122 Å². The molecule has 2 N–H and O–H groups in total. The van der Waals surface area contributed by atoms with Crippen LogP contribution < -0.4 is 9.64 Å². The maximum atomic E-state index is 17.3. The summed E-state index contributed by atoms with van der Waals surface area (Å²) < 4.78 is 47.2. The highest BCUT2D eigenvalue weighted by molar-refractivity contribution is 6.01. The number of phenols is 1. The number of benzene rings is 2. The first-order chi connectivity index (χ1) is 27.1. The summed E-state index contributed by atoms with van der Waals surface area (Å²) in [6, 6.07) is 8.81. The van der Waals surface area contributed by atoms with Crippen LogP contribution in [0.15, 0.2) is 36.5 Å². The minimum atomic E-state index is -0.694. The van der Waals surface area contributed by atoms with Crippen LogP contribution in [0, 0.1) is 17.0 Å². The monoisotopic (exact) mass is 767 g/mol. The summed E-state index contributed by atoms with van der Waals surface area (Å²) in [5.74, 6) is -0.667. The van der Waals surface area contributed by atoms with Gasteiger partial charge in [-0.05, 0) is 112 Å². The van der Waals surface area contributed by atoms with Crippen LogP contribution in [0.2, 0.25) is 0 Å². The van der Waals surface area contributed by atoms with Gasteiger partial charge < -0.3 is 24.6 Å². The molecule has 0 amide bonds. The highest BCUT2D eigenvalue weighted by Gasteiger charge is 2.50. The summed E-state index contributed by atoms with van der Waals surface area (Å²) in [6.45, 7) is 9.27. The van der Waals surface area contributed by atoms with Crippen LogP contribution in [0.4, 0.5) is 14.6 Å². The Morgan fingerprint density at radius 2 is 1.82 bits per heavy atom. The van der Waals surface area contributed by atoms with Gasteiger partial charge in [-0.3, -0.25) is 14.6 Å². The molecule has 56 heavy (non-hydrogen) atoms. The van der Waals surface area contributed by atoms with Crippen LogP contribution in [-0.2, 0) is 30.9 Å². The summed E-state index contributed by atoms with van der Waals surface area (Å²) in [5.41, 5.74) is 2.16. The van der Waals surface area contributed by atoms with Gasteiger partial charge in [-0.15, -0.1) is 0 Å². The average molecular weight is 768 g/mol. The van der Waals surface area contributed by atoms with E-state index < -0.39 is 11.6 Å². The summed E-state index contributed by atoms with van der Waals surface area (Å²) in [7, 11) is 0. The zero-order chi connectivity index (χ0) is 38.7. The van der Waals surface area contributed by atoms with Crippen molar-refractivity contribution < 1.29 is 28.5 Å². The lowest BCUT2D eigenvalue weighted by Crippen LogP contribution is -2.57. The van der Waals surface area contributed by atoms with Crippen LogP contribution in [0.3, 0.4) is 0 Å². The minimum absolute atomic E-state index is 0.0341. The lowest BCUT2D eigenvalue weighted by atomic mass is 9.74. The maximum Gasteiger partial charge on any atom is 0.319 e. The number of hydrogen-bond acceptors (Lipinski definition) is 10. The molecular formula is C43H51F2N7O4. The zero-order valence-electron chi connectivity index (χ0n) is 32.5. The Bertz CT molecular complexity index is 2270. The van der Waals surface area contributed by atoms with E-state index >= 15 is 8.78 Å². The molecule has 0 bridgehead atoms. The molecule has 3 aromatic heterocycles. The zero-order valence-corrected chi connectivity index (χ0v) is 32.5. The SMILES string of the molecule is CCc1c(F)ccc2cc(O)cc(-c3ncc4c(N5CCCn6nc(CO)cc6C5)nc(OC[C@]56CCC[C@H]5N(C5C[C@@H](C)O[C@@H](C)C5)CCC6)nc4c3F)c12. The summed E-state index contributed by atoms with van der Waals surface area (Å²) in [5, 5.41) is 26.7. The fraction of sp³-hybridized carbons (Fsp3) is 0.535. The van der Waals surface area contributed by atoms with Crippen LogP contribution in [0.5, 0.6) is 11.8 Å². The number of pyridine rings is 1. The molecule has 5 atom stereocenters. The van der Waals surface area contributed by atoms with Gasteiger partial charge in [-0.1, -0.05) is 19.4 Å². The molecule has 13 heteroatoms. The molecule has 11 nitrogen and oxygen atoms in total. The van der Waals surface area contributed by atoms with Crippen molar-refractivity contribution in [2.75, 3.05) is 24.6 Å². The number of rotatable bonds is 8. The van der Waals surface area contributed by atoms with Crippen LogP contribution in [-0.4, -0.2) is 83.8 Å². The Morgan fingerprint density at radius 3 is 2.62 bits per heavy atom. The molecule has 1 aliphatic carbocycles. The number of ether oxygens (including phenoxy) is 2. The number of aliphatic hydroxyl groups is 1. The lowest BCUT2D eigenvalue weighted by molar-refractivity contribution is -0.0967. The second-order valence-electron chi connectivity index (χ2n) is 16.6. The number of hydrogen-bond donors (Lipinski definition) is 2. The third kappa shape index (κ3) is 6.55. The van der Waals surface area contributed by atoms with E-state index in [1.807, 2.05) is 17.7 Å². The van der Waals surface area contributed by atoms with Gasteiger partial charge in [0.25, 0.3) is 0 Å². The molecule has 1 unspecified atom stereocenters. The van der Waals surface area contributed by atoms with Crippen molar-refractivity contribution in [2.24, 2.45) is 5.41 Å². The molecule has 3 fully saturated rings. The number of anilines is 1. The van der Waals surface area contributed by atoms with Gasteiger partial charge in [-0.2, -0.15) is 15.1 Å². The molecule has 4 aliphatic rings. The van der Waals surface area contributed by atoms with Crippen molar-refractivity contribution >= 4 is 27.5 Å². The summed E-state index contributed by atoms with van der Waals surface area (Å²) in [6.07, 6.45) is 10.7. The highest BCUT2D eigenvalue weighted by Crippen LogP contribution is 2.50. The normalized spacial score (nSPS) is 25.7. The number of aromatic nitrogens is 5. The van der Waals surface area contributed by atoms with Crippen LogP contribution in [0.25, 0.3) is 32.9 Å². The van der Waals surface area contributed by atoms with Gasteiger partial charge >= 0.3 is 6.01 Å². The number of piperidine rings is 1. The van der Waals surface area contributed by atoms with Crippen molar-refractivity contribution in [1.29, 1.82) is 0 Å². The van der Waals surface area contributed by atoms with E-state index in [1.54, 1.807) is 18.3 Å². The Labute approximate surface area is 325 Å². The van der Waals surface area contributed by atoms with E-state index in [1.165, 1.54) is 12.1 Å². The molecule has 296 valence electrons. The Hall–Kier alpha value is -4.46. The first kappa shape index (κ1) is 37.1. The molecule has 3 aliphatic heterocycles. The predicted octanol–water partition coefficient (Wildman–Crippen LogP) is 7.46. The van der Waals surface area contributed by atoms with Crippen LogP contribution >= 0.6 is 0 Å². The van der Waals surface area contributed by atoms with E-state index in [-0.39, 0.29) is 47.2 Å². The fourth-order valence-electron chi connectivity index (χ4n) is 10.6. The lowest BCUT2D eigenvalue weighted by Gasteiger charge is -2.51. The van der Waals surface area contributed by atoms with Crippen molar-refractivity contribution in [3.05, 3.63) is 65.1 Å². The molecular weight excluding hydrogens is 717 g/mol. The van der Waals surface area contributed by atoms with Gasteiger partial charge in [0.15, 0.2) is 5.82 Å². The molecule has 2 saturated heterocycles. The quantitative estimate of drug-likeness (QED) is 0.165. The highest BCUT2D eigenvalue weighted by atomic mass is 19.1. The number of phenolic OH excluding ortho intramolecular Hbond substituents is 1. The standard InChI is InChI=1S/C43H51F2N7O4/c1-4-32-35(44)10-9-27-18-31(54)20-33(37(27)32)39-38(45)40-34(21-46-39)41(50-13-7-15-52-30(22-50)19-28(23-53)49-52)48-42(47-40)55-24-43-11-5-8-36(43)51(14-6-12-43)29-16-25(2)56-26(3)17-29/h9-10,18-21,25-26,29,36,53-54H,4-8,11-17,22-24H2,1-3H3/t25-,26+,29?,36-,43-/m1/s1. The third-order valence-corrected chi connectivity index (χ3v) is 12.9. The number of aliphatic hydroxyl groups excluding tert-OH is 1. The Balaban J connectivity index is 1.13. The second kappa shape index (κ2) is 14.8. The van der Waals surface area contributed by atoms with E-state index in [2.05, 4.69) is 33.7 Å². The number of nitrogens with zero attached hydrogens (tertiary/aromatic N) is 7. The van der Waals surface area contributed by atoms with E-state index in [0.717, 1.165) is 63.6 Å². The van der Waals surface area contributed by atoms with Crippen molar-refractivity contribution in [1.82, 2.24) is 29.6 Å². The van der Waals surface area contributed by atoms with E-state index in [9.17, 15) is 10.2 Å². The minimum Gasteiger partial charge on any atom is -0.508 e. The molecule has 0 radical (unpaired) electrons. The number of aromatic hydroxyl groups is 1. The van der Waals surface area contributed by atoms with Gasteiger partial charge in [0.2, 0.25) is 0 Å². The average Bonchev–Trinajstić information content (AvgIpc) is 3.74. The maximum absolute atomic E-state index is 17.3. The third-order valence-electron chi connectivity index (χ3n) is 12.9. The summed E-state index contributed by atoms with van der Waals surface area (Å²) >= 11 is 0. The number of likely N-dealkylation sites (tertiary alicyclic amines) is 1. The number of halogens is 2.